The Kier molecular flexibility index (Phi) is 6.38. The van der Waals surface area contributed by atoms with Gasteiger partial charge in [-0.1, -0.05) is 55.8 Å². The van der Waals surface area contributed by atoms with Gasteiger partial charge in [-0.15, -0.1) is 0 Å². The summed E-state index contributed by atoms with van der Waals surface area (Å²) in [5, 5.41) is 0.702. The minimum Gasteiger partial charge on any atom is -0.368 e. The smallest absolute Gasteiger partial charge is 0.271 e. The largest absolute Gasteiger partial charge is 0.368 e. The third-order valence-electron chi connectivity index (χ3n) is 5.85. The van der Waals surface area contributed by atoms with Crippen molar-refractivity contribution in [1.82, 2.24) is 9.47 Å². The Bertz CT molecular complexity index is 1030. The van der Waals surface area contributed by atoms with E-state index in [9.17, 15) is 4.79 Å². The number of halogens is 1. The van der Waals surface area contributed by atoms with Crippen LogP contribution in [0.1, 0.15) is 29.9 Å². The van der Waals surface area contributed by atoms with E-state index >= 15 is 0 Å². The van der Waals surface area contributed by atoms with Crippen molar-refractivity contribution < 1.29 is 4.79 Å². The fourth-order valence-corrected chi connectivity index (χ4v) is 4.52. The number of benzene rings is 2. The van der Waals surface area contributed by atoms with E-state index in [1.54, 1.807) is 0 Å². The second-order valence-corrected chi connectivity index (χ2v) is 9.14. The van der Waals surface area contributed by atoms with Crippen molar-refractivity contribution in [1.29, 1.82) is 0 Å². The molecule has 0 bridgehead atoms. The van der Waals surface area contributed by atoms with Gasteiger partial charge in [0.05, 0.1) is 0 Å². The zero-order valence-electron chi connectivity index (χ0n) is 18.5. The molecule has 2 aromatic carbocycles. The predicted octanol–water partition coefficient (Wildman–Crippen LogP) is 5.74. The van der Waals surface area contributed by atoms with Crippen LogP contribution in [0.2, 0.25) is 5.02 Å². The van der Waals surface area contributed by atoms with Crippen LogP contribution in [0.5, 0.6) is 0 Å². The minimum absolute atomic E-state index is 0.117. The molecule has 1 fully saturated rings. The molecular weight excluding hydrogens is 406 g/mol. The number of hydrogen-bond acceptors (Lipinski definition) is 2. The molecule has 0 spiro atoms. The standard InChI is InChI=1S/C26H30ClN3O/c1-19(2)17-30-18-20(3)24(21-9-11-22(27)12-10-21)25(30)26(31)29-15-13-28(14-16-29)23-7-5-4-6-8-23/h4-12,18-19H,13-17H2,1-3H3. The molecular formula is C26H30ClN3O. The maximum absolute atomic E-state index is 13.8. The Balaban J connectivity index is 1.63. The van der Waals surface area contributed by atoms with Gasteiger partial charge in [-0.25, -0.2) is 0 Å². The number of aromatic nitrogens is 1. The number of amides is 1. The maximum atomic E-state index is 13.8. The Morgan fingerprint density at radius 3 is 2.23 bits per heavy atom. The molecule has 1 amide bonds. The summed E-state index contributed by atoms with van der Waals surface area (Å²) in [7, 11) is 0. The van der Waals surface area contributed by atoms with Gasteiger partial charge in [0.25, 0.3) is 5.91 Å². The van der Waals surface area contributed by atoms with Gasteiger partial charge in [-0.05, 0) is 48.2 Å². The van der Waals surface area contributed by atoms with Crippen molar-refractivity contribution in [2.45, 2.75) is 27.3 Å². The predicted molar refractivity (Wildman–Crippen MR) is 129 cm³/mol. The molecule has 4 nitrogen and oxygen atoms in total. The van der Waals surface area contributed by atoms with Crippen molar-refractivity contribution in [2.24, 2.45) is 5.92 Å². The summed E-state index contributed by atoms with van der Waals surface area (Å²) in [4.78, 5) is 18.1. The Morgan fingerprint density at radius 2 is 1.61 bits per heavy atom. The average Bonchev–Trinajstić information content (AvgIpc) is 3.09. The molecule has 1 aliphatic rings. The average molecular weight is 436 g/mol. The Labute approximate surface area is 190 Å². The van der Waals surface area contributed by atoms with Crippen LogP contribution in [-0.2, 0) is 6.54 Å². The summed E-state index contributed by atoms with van der Waals surface area (Å²) >= 11 is 6.12. The molecule has 0 saturated carbocycles. The second kappa shape index (κ2) is 9.19. The molecule has 0 radical (unpaired) electrons. The van der Waals surface area contributed by atoms with Crippen LogP contribution in [0.15, 0.2) is 60.8 Å². The van der Waals surface area contributed by atoms with Crippen LogP contribution in [0, 0.1) is 12.8 Å². The lowest BCUT2D eigenvalue weighted by atomic mass is 10.0. The number of para-hydroxylation sites is 1. The van der Waals surface area contributed by atoms with Crippen LogP contribution in [0.4, 0.5) is 5.69 Å². The maximum Gasteiger partial charge on any atom is 0.271 e. The summed E-state index contributed by atoms with van der Waals surface area (Å²) in [6.07, 6.45) is 2.12. The first-order valence-electron chi connectivity index (χ1n) is 11.0. The van der Waals surface area contributed by atoms with Crippen molar-refractivity contribution in [3.05, 3.63) is 77.1 Å². The molecule has 0 aliphatic carbocycles. The third kappa shape index (κ3) is 4.64. The van der Waals surface area contributed by atoms with Crippen molar-refractivity contribution in [3.63, 3.8) is 0 Å². The second-order valence-electron chi connectivity index (χ2n) is 8.70. The number of piperazine rings is 1. The summed E-state index contributed by atoms with van der Waals surface area (Å²) < 4.78 is 2.15. The fraction of sp³-hybridized carbons (Fsp3) is 0.346. The van der Waals surface area contributed by atoms with Crippen molar-refractivity contribution in [2.75, 3.05) is 31.1 Å². The molecule has 1 aliphatic heterocycles. The van der Waals surface area contributed by atoms with Gasteiger partial charge >= 0.3 is 0 Å². The van der Waals surface area contributed by atoms with Gasteiger partial charge in [0, 0.05) is 55.2 Å². The summed E-state index contributed by atoms with van der Waals surface area (Å²) in [6, 6.07) is 18.2. The van der Waals surface area contributed by atoms with E-state index in [0.29, 0.717) is 10.9 Å². The molecule has 5 heteroatoms. The molecule has 1 aromatic heterocycles. The highest BCUT2D eigenvalue weighted by molar-refractivity contribution is 6.30. The van der Waals surface area contributed by atoms with Gasteiger partial charge in [-0.3, -0.25) is 4.79 Å². The normalized spacial score (nSPS) is 14.4. The molecule has 31 heavy (non-hydrogen) atoms. The van der Waals surface area contributed by atoms with E-state index in [0.717, 1.165) is 55.1 Å². The quantitative estimate of drug-likeness (QED) is 0.511. The molecule has 0 atom stereocenters. The highest BCUT2D eigenvalue weighted by Gasteiger charge is 2.28. The minimum atomic E-state index is 0.117. The monoisotopic (exact) mass is 435 g/mol. The first kappa shape index (κ1) is 21.5. The summed E-state index contributed by atoms with van der Waals surface area (Å²) in [5.74, 6) is 0.567. The van der Waals surface area contributed by atoms with Gasteiger partial charge in [0.2, 0.25) is 0 Å². The van der Waals surface area contributed by atoms with Crippen molar-refractivity contribution >= 4 is 23.2 Å². The number of rotatable bonds is 5. The van der Waals surface area contributed by atoms with Gasteiger partial charge < -0.3 is 14.4 Å². The fourth-order valence-electron chi connectivity index (χ4n) is 4.40. The molecule has 0 N–H and O–H groups in total. The van der Waals surface area contributed by atoms with Gasteiger partial charge in [0.1, 0.15) is 5.69 Å². The number of nitrogens with zero attached hydrogens (tertiary/aromatic N) is 3. The van der Waals surface area contributed by atoms with E-state index in [2.05, 4.69) is 60.7 Å². The lowest BCUT2D eigenvalue weighted by Crippen LogP contribution is -2.49. The topological polar surface area (TPSA) is 28.5 Å². The van der Waals surface area contributed by atoms with E-state index in [1.807, 2.05) is 35.2 Å². The summed E-state index contributed by atoms with van der Waals surface area (Å²) in [6.45, 7) is 10.4. The summed E-state index contributed by atoms with van der Waals surface area (Å²) in [5.41, 5.74) is 5.19. The van der Waals surface area contributed by atoms with Gasteiger partial charge in [-0.2, -0.15) is 0 Å². The van der Waals surface area contributed by atoms with Crippen LogP contribution in [0.25, 0.3) is 11.1 Å². The third-order valence-corrected chi connectivity index (χ3v) is 6.11. The molecule has 162 valence electrons. The van der Waals surface area contributed by atoms with Gasteiger partial charge in [0.15, 0.2) is 0 Å². The molecule has 4 rings (SSSR count). The Morgan fingerprint density at radius 1 is 0.968 bits per heavy atom. The number of hydrogen-bond donors (Lipinski definition) is 0. The highest BCUT2D eigenvalue weighted by atomic mass is 35.5. The first-order valence-corrected chi connectivity index (χ1v) is 11.4. The lowest BCUT2D eigenvalue weighted by molar-refractivity contribution is 0.0736. The molecule has 0 unspecified atom stereocenters. The van der Waals surface area contributed by atoms with Crippen LogP contribution in [-0.4, -0.2) is 41.6 Å². The van der Waals surface area contributed by atoms with Crippen molar-refractivity contribution in [3.8, 4) is 11.1 Å². The zero-order chi connectivity index (χ0) is 22.0. The molecule has 2 heterocycles. The number of carbonyl (C=O) groups excluding carboxylic acids is 1. The molecule has 3 aromatic rings. The van der Waals surface area contributed by atoms with Crippen LogP contribution in [0.3, 0.4) is 0 Å². The first-order chi connectivity index (χ1) is 14.9. The Hall–Kier alpha value is -2.72. The zero-order valence-corrected chi connectivity index (χ0v) is 19.3. The lowest BCUT2D eigenvalue weighted by Gasteiger charge is -2.36. The van der Waals surface area contributed by atoms with E-state index in [1.165, 1.54) is 5.69 Å². The van der Waals surface area contributed by atoms with Crippen LogP contribution >= 0.6 is 11.6 Å². The van der Waals surface area contributed by atoms with E-state index in [-0.39, 0.29) is 5.91 Å². The highest BCUT2D eigenvalue weighted by Crippen LogP contribution is 2.32. The van der Waals surface area contributed by atoms with E-state index in [4.69, 9.17) is 11.6 Å². The molecule has 1 saturated heterocycles. The van der Waals surface area contributed by atoms with Crippen LogP contribution < -0.4 is 4.90 Å². The number of anilines is 1. The number of carbonyl (C=O) groups is 1. The SMILES string of the molecule is Cc1cn(CC(C)C)c(C(=O)N2CCN(c3ccccc3)CC2)c1-c1ccc(Cl)cc1. The number of aryl methyl sites for hydroxylation is 1. The van der Waals surface area contributed by atoms with E-state index < -0.39 is 0 Å².